The zero-order chi connectivity index (χ0) is 13.6. The van der Waals surface area contributed by atoms with Crippen molar-refractivity contribution in [2.45, 2.75) is 18.8 Å². The lowest BCUT2D eigenvalue weighted by molar-refractivity contribution is 0.499. The molecule has 2 aromatic heterocycles. The lowest BCUT2D eigenvalue weighted by atomic mass is 9.86. The van der Waals surface area contributed by atoms with E-state index in [1.54, 1.807) is 11.3 Å². The Balaban J connectivity index is 1.84. The molecule has 0 spiro atoms. The summed E-state index contributed by atoms with van der Waals surface area (Å²) < 4.78 is 3.58. The zero-order valence-electron chi connectivity index (χ0n) is 11.5. The quantitative estimate of drug-likeness (QED) is 0.782. The van der Waals surface area contributed by atoms with Crippen molar-refractivity contribution in [3.63, 3.8) is 0 Å². The van der Waals surface area contributed by atoms with E-state index in [1.165, 1.54) is 27.9 Å². The van der Waals surface area contributed by atoms with Gasteiger partial charge in [0.15, 0.2) is 0 Å². The minimum Gasteiger partial charge on any atom is -0.316 e. The molecule has 3 nitrogen and oxygen atoms in total. The summed E-state index contributed by atoms with van der Waals surface area (Å²) in [6.45, 7) is 4.44. The van der Waals surface area contributed by atoms with E-state index >= 15 is 0 Å². The molecule has 0 radical (unpaired) electrons. The molecule has 1 atom stereocenters. The van der Waals surface area contributed by atoms with E-state index in [9.17, 15) is 0 Å². The summed E-state index contributed by atoms with van der Waals surface area (Å²) in [5.74, 6) is 0. The van der Waals surface area contributed by atoms with E-state index in [0.29, 0.717) is 0 Å². The Bertz CT molecular complexity index is 750. The molecule has 1 saturated heterocycles. The first-order chi connectivity index (χ1) is 9.76. The van der Waals surface area contributed by atoms with Crippen LogP contribution in [0.1, 0.15) is 19.0 Å². The first-order valence-corrected chi connectivity index (χ1v) is 7.85. The second kappa shape index (κ2) is 4.43. The largest absolute Gasteiger partial charge is 0.316 e. The van der Waals surface area contributed by atoms with Crippen LogP contribution in [0.5, 0.6) is 0 Å². The fourth-order valence-corrected chi connectivity index (χ4v) is 3.86. The van der Waals surface area contributed by atoms with Gasteiger partial charge in [-0.15, -0.1) is 11.3 Å². The van der Waals surface area contributed by atoms with E-state index in [4.69, 9.17) is 0 Å². The Morgan fingerprint density at radius 1 is 1.35 bits per heavy atom. The summed E-state index contributed by atoms with van der Waals surface area (Å²) in [5.41, 5.74) is 2.69. The molecule has 0 bridgehead atoms. The van der Waals surface area contributed by atoms with Gasteiger partial charge in [-0.05, 0) is 48.0 Å². The van der Waals surface area contributed by atoms with Gasteiger partial charge in [-0.1, -0.05) is 6.92 Å². The number of fused-ring (bicyclic) bond motifs is 1. The predicted molar refractivity (Wildman–Crippen MR) is 83.8 cm³/mol. The summed E-state index contributed by atoms with van der Waals surface area (Å²) in [4.78, 5) is 4.39. The number of rotatable bonds is 2. The second-order valence-corrected chi connectivity index (χ2v) is 6.73. The van der Waals surface area contributed by atoms with Crippen LogP contribution in [0.2, 0.25) is 0 Å². The molecule has 0 aliphatic carbocycles. The van der Waals surface area contributed by atoms with Crippen molar-refractivity contribution in [3.05, 3.63) is 47.9 Å². The number of nitrogens with one attached hydrogen (secondary N) is 1. The summed E-state index contributed by atoms with van der Waals surface area (Å²) in [5, 5.41) is 6.92. The topological polar surface area (TPSA) is 29.9 Å². The van der Waals surface area contributed by atoms with Crippen molar-refractivity contribution >= 4 is 21.4 Å². The number of aromatic nitrogens is 2. The summed E-state index contributed by atoms with van der Waals surface area (Å²) >= 11 is 1.79. The van der Waals surface area contributed by atoms with Crippen LogP contribution in [0.15, 0.2) is 42.2 Å². The first-order valence-electron chi connectivity index (χ1n) is 6.97. The highest BCUT2D eigenvalue weighted by Gasteiger charge is 2.33. The Morgan fingerprint density at radius 2 is 2.30 bits per heavy atom. The maximum atomic E-state index is 4.39. The molecule has 0 saturated carbocycles. The van der Waals surface area contributed by atoms with Crippen LogP contribution >= 0.6 is 11.3 Å². The molecule has 20 heavy (non-hydrogen) atoms. The molecular formula is C16H17N3S. The van der Waals surface area contributed by atoms with Gasteiger partial charge in [-0.3, -0.25) is 0 Å². The number of thiophene rings is 1. The van der Waals surface area contributed by atoms with Crippen LogP contribution in [-0.2, 0) is 5.41 Å². The van der Waals surface area contributed by atoms with Crippen LogP contribution in [0, 0.1) is 0 Å². The van der Waals surface area contributed by atoms with Gasteiger partial charge in [0.05, 0.1) is 6.33 Å². The minimum atomic E-state index is 0.181. The molecule has 1 aliphatic heterocycles. The van der Waals surface area contributed by atoms with Crippen molar-refractivity contribution in [2.24, 2.45) is 0 Å². The van der Waals surface area contributed by atoms with Crippen molar-refractivity contribution in [2.75, 3.05) is 13.1 Å². The highest BCUT2D eigenvalue weighted by Crippen LogP contribution is 2.32. The zero-order valence-corrected chi connectivity index (χ0v) is 12.3. The maximum Gasteiger partial charge on any atom is 0.0994 e. The van der Waals surface area contributed by atoms with Gasteiger partial charge in [0.25, 0.3) is 0 Å². The molecule has 102 valence electrons. The van der Waals surface area contributed by atoms with Gasteiger partial charge in [-0.2, -0.15) is 0 Å². The van der Waals surface area contributed by atoms with Gasteiger partial charge >= 0.3 is 0 Å². The van der Waals surface area contributed by atoms with E-state index < -0.39 is 0 Å². The van der Waals surface area contributed by atoms with Crippen molar-refractivity contribution in [1.29, 1.82) is 0 Å². The molecular weight excluding hydrogens is 266 g/mol. The lowest BCUT2D eigenvalue weighted by Gasteiger charge is -2.24. The monoisotopic (exact) mass is 283 g/mol. The second-order valence-electron chi connectivity index (χ2n) is 5.78. The molecule has 1 aromatic carbocycles. The van der Waals surface area contributed by atoms with E-state index in [0.717, 1.165) is 13.1 Å². The molecule has 1 unspecified atom stereocenters. The average Bonchev–Trinajstić information content (AvgIpc) is 3.18. The van der Waals surface area contributed by atoms with Crippen LogP contribution < -0.4 is 5.32 Å². The highest BCUT2D eigenvalue weighted by molar-refractivity contribution is 7.17. The third-order valence-electron chi connectivity index (χ3n) is 4.34. The SMILES string of the molecule is CC1(c2cncn2-c2ccc3sccc3c2)CCNC1. The third kappa shape index (κ3) is 1.79. The van der Waals surface area contributed by atoms with Crippen LogP contribution in [0.4, 0.5) is 0 Å². The van der Waals surface area contributed by atoms with Crippen molar-refractivity contribution in [3.8, 4) is 5.69 Å². The number of nitrogens with zero attached hydrogens (tertiary/aromatic N) is 2. The van der Waals surface area contributed by atoms with Gasteiger partial charge in [0.1, 0.15) is 0 Å². The molecule has 1 aliphatic rings. The molecule has 3 aromatic rings. The normalized spacial score (nSPS) is 22.6. The standard InChI is InChI=1S/C16H17N3S/c1-16(5-6-17-10-16)15-9-18-11-19(15)13-2-3-14-12(8-13)4-7-20-14/h2-4,7-9,11,17H,5-6,10H2,1H3. The summed E-state index contributed by atoms with van der Waals surface area (Å²) in [6.07, 6.45) is 5.12. The number of hydrogen-bond donors (Lipinski definition) is 1. The highest BCUT2D eigenvalue weighted by atomic mass is 32.1. The third-order valence-corrected chi connectivity index (χ3v) is 5.24. The molecule has 1 N–H and O–H groups in total. The first kappa shape index (κ1) is 12.1. The van der Waals surface area contributed by atoms with Crippen LogP contribution in [0.25, 0.3) is 15.8 Å². The number of imidazole rings is 1. The lowest BCUT2D eigenvalue weighted by Crippen LogP contribution is -2.27. The molecule has 3 heterocycles. The predicted octanol–water partition coefficient (Wildman–Crippen LogP) is 3.34. The Hall–Kier alpha value is -1.65. The summed E-state index contributed by atoms with van der Waals surface area (Å²) in [7, 11) is 0. The molecule has 4 heteroatoms. The van der Waals surface area contributed by atoms with Crippen molar-refractivity contribution < 1.29 is 0 Å². The van der Waals surface area contributed by atoms with E-state index in [1.807, 2.05) is 12.5 Å². The van der Waals surface area contributed by atoms with Gasteiger partial charge in [0, 0.05) is 34.2 Å². The van der Waals surface area contributed by atoms with Crippen molar-refractivity contribution in [1.82, 2.24) is 14.9 Å². The number of benzene rings is 1. The van der Waals surface area contributed by atoms with Crippen LogP contribution in [-0.4, -0.2) is 22.6 Å². The van der Waals surface area contributed by atoms with Crippen LogP contribution in [0.3, 0.4) is 0 Å². The van der Waals surface area contributed by atoms with Gasteiger partial charge in [-0.25, -0.2) is 4.98 Å². The molecule has 4 rings (SSSR count). The van der Waals surface area contributed by atoms with E-state index in [-0.39, 0.29) is 5.41 Å². The molecule has 1 fully saturated rings. The maximum absolute atomic E-state index is 4.39. The Morgan fingerprint density at radius 3 is 3.15 bits per heavy atom. The smallest absolute Gasteiger partial charge is 0.0994 e. The fourth-order valence-electron chi connectivity index (χ4n) is 3.09. The van der Waals surface area contributed by atoms with E-state index in [2.05, 4.69) is 51.4 Å². The van der Waals surface area contributed by atoms with Gasteiger partial charge in [0.2, 0.25) is 0 Å². The Labute approximate surface area is 122 Å². The number of hydrogen-bond acceptors (Lipinski definition) is 3. The minimum absolute atomic E-state index is 0.181. The molecule has 0 amide bonds. The summed E-state index contributed by atoms with van der Waals surface area (Å²) in [6, 6.07) is 8.83. The van der Waals surface area contributed by atoms with Gasteiger partial charge < -0.3 is 9.88 Å². The Kier molecular flexibility index (Phi) is 2.69. The fraction of sp³-hybridized carbons (Fsp3) is 0.312. The average molecular weight is 283 g/mol.